The maximum Gasteiger partial charge on any atom is 0.253 e. The number of aromatic amines is 1. The van der Waals surface area contributed by atoms with Crippen LogP contribution in [0, 0.1) is 12.8 Å². The van der Waals surface area contributed by atoms with Crippen molar-refractivity contribution >= 4 is 16.8 Å². The molecule has 26 heavy (non-hydrogen) atoms. The Morgan fingerprint density at radius 3 is 2.46 bits per heavy atom. The number of rotatable bonds is 5. The van der Waals surface area contributed by atoms with Gasteiger partial charge in [0.25, 0.3) is 5.56 Å². The summed E-state index contributed by atoms with van der Waals surface area (Å²) < 4.78 is 0. The molecule has 3 rings (SSSR count). The lowest BCUT2D eigenvalue weighted by atomic mass is 10.1. The molecule has 0 radical (unpaired) electrons. The van der Waals surface area contributed by atoms with Gasteiger partial charge in [0.1, 0.15) is 0 Å². The number of fused-ring (bicyclic) bond motifs is 1. The van der Waals surface area contributed by atoms with Gasteiger partial charge in [0.2, 0.25) is 5.91 Å². The van der Waals surface area contributed by atoms with Crippen LogP contribution in [0.5, 0.6) is 0 Å². The minimum absolute atomic E-state index is 0.0391. The zero-order chi connectivity index (χ0) is 18.7. The third-order valence-electron chi connectivity index (χ3n) is 4.46. The monoisotopic (exact) mass is 348 g/mol. The number of carbonyl (C=O) groups is 1. The van der Waals surface area contributed by atoms with Crippen LogP contribution in [0.3, 0.4) is 0 Å². The van der Waals surface area contributed by atoms with E-state index >= 15 is 0 Å². The fraction of sp³-hybridized carbons (Fsp3) is 0.273. The van der Waals surface area contributed by atoms with E-state index < -0.39 is 0 Å². The van der Waals surface area contributed by atoms with Crippen molar-refractivity contribution in [1.82, 2.24) is 9.88 Å². The molecule has 3 aromatic rings. The lowest BCUT2D eigenvalue weighted by Gasteiger charge is -2.24. The molecule has 1 aromatic heterocycles. The summed E-state index contributed by atoms with van der Waals surface area (Å²) >= 11 is 0. The van der Waals surface area contributed by atoms with E-state index in [1.165, 1.54) is 0 Å². The Bertz CT molecular complexity index is 974. The second kappa shape index (κ2) is 7.56. The molecule has 0 aliphatic rings. The number of nitrogens with one attached hydrogen (secondary N) is 1. The van der Waals surface area contributed by atoms with Crippen molar-refractivity contribution in [2.24, 2.45) is 5.92 Å². The van der Waals surface area contributed by atoms with E-state index in [9.17, 15) is 9.59 Å². The van der Waals surface area contributed by atoms with Gasteiger partial charge in [-0.05, 0) is 35.6 Å². The highest BCUT2D eigenvalue weighted by atomic mass is 16.2. The summed E-state index contributed by atoms with van der Waals surface area (Å²) in [6.07, 6.45) is 0. The Kier molecular flexibility index (Phi) is 5.21. The Morgan fingerprint density at radius 2 is 1.77 bits per heavy atom. The van der Waals surface area contributed by atoms with Gasteiger partial charge in [-0.25, -0.2) is 0 Å². The van der Waals surface area contributed by atoms with Gasteiger partial charge in [-0.1, -0.05) is 56.3 Å². The first-order chi connectivity index (χ1) is 12.4. The topological polar surface area (TPSA) is 53.2 Å². The van der Waals surface area contributed by atoms with Gasteiger partial charge in [0.15, 0.2) is 0 Å². The van der Waals surface area contributed by atoms with E-state index in [2.05, 4.69) is 4.98 Å². The molecular weight excluding hydrogens is 324 g/mol. The first kappa shape index (κ1) is 17.9. The molecule has 134 valence electrons. The molecule has 0 aliphatic heterocycles. The SMILES string of the molecule is Cc1ccc2cc(CN(Cc3ccccc3)C(=O)C(C)C)c(=O)[nH]c2c1. The number of pyridine rings is 1. The van der Waals surface area contributed by atoms with Crippen LogP contribution in [0.4, 0.5) is 0 Å². The first-order valence-electron chi connectivity index (χ1n) is 8.89. The lowest BCUT2D eigenvalue weighted by molar-refractivity contribution is -0.135. The molecule has 4 heteroatoms. The molecule has 1 heterocycles. The third-order valence-corrected chi connectivity index (χ3v) is 4.46. The summed E-state index contributed by atoms with van der Waals surface area (Å²) in [7, 11) is 0. The van der Waals surface area contributed by atoms with Crippen molar-refractivity contribution in [2.45, 2.75) is 33.9 Å². The molecule has 0 saturated carbocycles. The number of hydrogen-bond donors (Lipinski definition) is 1. The Morgan fingerprint density at radius 1 is 1.04 bits per heavy atom. The van der Waals surface area contributed by atoms with Crippen molar-refractivity contribution in [1.29, 1.82) is 0 Å². The zero-order valence-electron chi connectivity index (χ0n) is 15.5. The number of nitrogens with zero attached hydrogens (tertiary/aromatic N) is 1. The van der Waals surface area contributed by atoms with Crippen molar-refractivity contribution in [2.75, 3.05) is 0 Å². The van der Waals surface area contributed by atoms with E-state index in [0.717, 1.165) is 22.0 Å². The molecule has 4 nitrogen and oxygen atoms in total. The van der Waals surface area contributed by atoms with Crippen LogP contribution >= 0.6 is 0 Å². The maximum absolute atomic E-state index is 12.7. The number of carbonyl (C=O) groups excluding carboxylic acids is 1. The highest BCUT2D eigenvalue weighted by molar-refractivity contribution is 5.80. The summed E-state index contributed by atoms with van der Waals surface area (Å²) in [5.74, 6) is -0.0850. The summed E-state index contributed by atoms with van der Waals surface area (Å²) in [4.78, 5) is 29.9. The van der Waals surface area contributed by atoms with Crippen molar-refractivity contribution in [3.63, 3.8) is 0 Å². The maximum atomic E-state index is 12.7. The number of amides is 1. The van der Waals surface area contributed by atoms with Gasteiger partial charge < -0.3 is 9.88 Å². The van der Waals surface area contributed by atoms with E-state index in [1.54, 1.807) is 4.90 Å². The molecular formula is C22H24N2O2. The fourth-order valence-electron chi connectivity index (χ4n) is 3.06. The summed E-state index contributed by atoms with van der Waals surface area (Å²) in [5.41, 5.74) is 3.43. The van der Waals surface area contributed by atoms with Crippen LogP contribution in [0.1, 0.15) is 30.5 Å². The van der Waals surface area contributed by atoms with Crippen molar-refractivity contribution in [3.8, 4) is 0 Å². The molecule has 0 saturated heterocycles. The third kappa shape index (κ3) is 4.02. The predicted octanol–water partition coefficient (Wildman–Crippen LogP) is 4.02. The minimum Gasteiger partial charge on any atom is -0.334 e. The summed E-state index contributed by atoms with van der Waals surface area (Å²) in [6, 6.07) is 17.7. The van der Waals surface area contributed by atoms with E-state index in [0.29, 0.717) is 18.7 Å². The lowest BCUT2D eigenvalue weighted by Crippen LogP contribution is -2.35. The molecule has 0 aliphatic carbocycles. The highest BCUT2D eigenvalue weighted by Gasteiger charge is 2.19. The van der Waals surface area contributed by atoms with Gasteiger partial charge in [-0.2, -0.15) is 0 Å². The van der Waals surface area contributed by atoms with Gasteiger partial charge in [0, 0.05) is 23.5 Å². The van der Waals surface area contributed by atoms with Crippen LogP contribution in [-0.2, 0) is 17.9 Å². The van der Waals surface area contributed by atoms with Crippen LogP contribution in [0.25, 0.3) is 10.9 Å². The Balaban J connectivity index is 1.94. The fourth-order valence-corrected chi connectivity index (χ4v) is 3.06. The quantitative estimate of drug-likeness (QED) is 0.757. The smallest absolute Gasteiger partial charge is 0.253 e. The molecule has 0 spiro atoms. The highest BCUT2D eigenvalue weighted by Crippen LogP contribution is 2.16. The van der Waals surface area contributed by atoms with E-state index in [1.807, 2.05) is 75.4 Å². The first-order valence-corrected chi connectivity index (χ1v) is 8.89. The molecule has 0 atom stereocenters. The summed E-state index contributed by atoms with van der Waals surface area (Å²) in [5, 5.41) is 0.974. The Labute approximate surface area is 153 Å². The average Bonchev–Trinajstić information content (AvgIpc) is 2.62. The van der Waals surface area contributed by atoms with Gasteiger partial charge in [0.05, 0.1) is 6.54 Å². The number of benzene rings is 2. The van der Waals surface area contributed by atoms with E-state index in [-0.39, 0.29) is 17.4 Å². The Hall–Kier alpha value is -2.88. The van der Waals surface area contributed by atoms with Crippen molar-refractivity contribution < 1.29 is 4.79 Å². The van der Waals surface area contributed by atoms with Gasteiger partial charge in [-0.15, -0.1) is 0 Å². The average molecular weight is 348 g/mol. The normalized spacial score (nSPS) is 11.1. The number of hydrogen-bond acceptors (Lipinski definition) is 2. The van der Waals surface area contributed by atoms with Gasteiger partial charge in [-0.3, -0.25) is 9.59 Å². The number of aryl methyl sites for hydroxylation is 1. The second-order valence-electron chi connectivity index (χ2n) is 7.05. The molecule has 0 unspecified atom stereocenters. The van der Waals surface area contributed by atoms with E-state index in [4.69, 9.17) is 0 Å². The number of H-pyrrole nitrogens is 1. The zero-order valence-corrected chi connectivity index (χ0v) is 15.5. The molecule has 1 amide bonds. The minimum atomic E-state index is -0.141. The van der Waals surface area contributed by atoms with Gasteiger partial charge >= 0.3 is 0 Å². The summed E-state index contributed by atoms with van der Waals surface area (Å²) in [6.45, 7) is 6.55. The van der Waals surface area contributed by atoms with Crippen LogP contribution in [-0.4, -0.2) is 15.8 Å². The second-order valence-corrected chi connectivity index (χ2v) is 7.05. The largest absolute Gasteiger partial charge is 0.334 e. The standard InChI is InChI=1S/C22H24N2O2/c1-15(2)22(26)24(13-17-7-5-4-6-8-17)14-19-12-18-10-9-16(3)11-20(18)23-21(19)25/h4-12,15H,13-14H2,1-3H3,(H,23,25). The van der Waals surface area contributed by atoms with Crippen molar-refractivity contribution in [3.05, 3.63) is 81.6 Å². The predicted molar refractivity (Wildman–Crippen MR) is 105 cm³/mol. The molecule has 2 aromatic carbocycles. The number of aromatic nitrogens is 1. The molecule has 1 N–H and O–H groups in total. The molecule has 0 bridgehead atoms. The van der Waals surface area contributed by atoms with Crippen LogP contribution < -0.4 is 5.56 Å². The molecule has 0 fully saturated rings. The van der Waals surface area contributed by atoms with Crippen LogP contribution in [0.15, 0.2) is 59.4 Å². The van der Waals surface area contributed by atoms with Crippen LogP contribution in [0.2, 0.25) is 0 Å².